The van der Waals surface area contributed by atoms with Gasteiger partial charge in [0, 0.05) is 20.2 Å². The summed E-state index contributed by atoms with van der Waals surface area (Å²) in [5.41, 5.74) is 0.934. The van der Waals surface area contributed by atoms with E-state index < -0.39 is 0 Å². The normalized spacial score (nSPS) is 10.4. The van der Waals surface area contributed by atoms with Gasteiger partial charge in [-0.2, -0.15) is 5.10 Å². The van der Waals surface area contributed by atoms with Crippen LogP contribution >= 0.6 is 0 Å². The Kier molecular flexibility index (Phi) is 2.18. The smallest absolute Gasteiger partial charge is 0.235 e. The zero-order valence-electron chi connectivity index (χ0n) is 8.06. The van der Waals surface area contributed by atoms with Crippen LogP contribution in [-0.4, -0.2) is 20.0 Å². The second-order valence-corrected chi connectivity index (χ2v) is 2.97. The Morgan fingerprint density at radius 1 is 1.50 bits per heavy atom. The molecule has 0 saturated carbocycles. The largest absolute Gasteiger partial charge is 0.424 e. The van der Waals surface area contributed by atoms with Gasteiger partial charge in [-0.3, -0.25) is 4.68 Å². The maximum absolute atomic E-state index is 5.20. The van der Waals surface area contributed by atoms with Crippen molar-refractivity contribution < 1.29 is 4.42 Å². The number of anilines is 1. The van der Waals surface area contributed by atoms with Crippen molar-refractivity contribution in [2.24, 2.45) is 7.05 Å². The summed E-state index contributed by atoms with van der Waals surface area (Å²) >= 11 is 0. The van der Waals surface area contributed by atoms with Gasteiger partial charge in [-0.1, -0.05) is 0 Å². The molecule has 0 radical (unpaired) electrons. The highest BCUT2D eigenvalue weighted by Gasteiger charge is 2.02. The Bertz CT molecular complexity index is 379. The molecule has 1 N–H and O–H groups in total. The maximum Gasteiger partial charge on any atom is 0.235 e. The fourth-order valence-corrected chi connectivity index (χ4v) is 1.10. The van der Waals surface area contributed by atoms with Crippen LogP contribution in [0.1, 0.15) is 11.8 Å². The predicted molar refractivity (Wildman–Crippen MR) is 49.6 cm³/mol. The van der Waals surface area contributed by atoms with Crippen molar-refractivity contribution in [2.75, 3.05) is 5.32 Å². The molecule has 0 amide bonds. The first-order chi connectivity index (χ1) is 6.74. The molecule has 0 aliphatic carbocycles. The second-order valence-electron chi connectivity index (χ2n) is 2.97. The monoisotopic (exact) mass is 193 g/mol. The summed E-state index contributed by atoms with van der Waals surface area (Å²) < 4.78 is 6.92. The lowest BCUT2D eigenvalue weighted by Gasteiger charge is -1.96. The van der Waals surface area contributed by atoms with Crippen molar-refractivity contribution in [2.45, 2.75) is 13.5 Å². The predicted octanol–water partition coefficient (Wildman–Crippen LogP) is 0.724. The number of aryl methyl sites for hydroxylation is 2. The molecule has 0 aliphatic rings. The Labute approximate surface area is 80.9 Å². The Morgan fingerprint density at radius 2 is 2.36 bits per heavy atom. The third-order valence-electron chi connectivity index (χ3n) is 1.72. The summed E-state index contributed by atoms with van der Waals surface area (Å²) in [4.78, 5) is 0. The van der Waals surface area contributed by atoms with Crippen molar-refractivity contribution in [3.05, 3.63) is 24.2 Å². The van der Waals surface area contributed by atoms with E-state index in [0.29, 0.717) is 18.3 Å². The molecule has 74 valence electrons. The first-order valence-electron chi connectivity index (χ1n) is 4.25. The van der Waals surface area contributed by atoms with E-state index in [4.69, 9.17) is 4.42 Å². The summed E-state index contributed by atoms with van der Waals surface area (Å²) in [6.07, 6.45) is 3.62. The van der Waals surface area contributed by atoms with Gasteiger partial charge in [0.2, 0.25) is 11.8 Å². The topological polar surface area (TPSA) is 68.8 Å². The maximum atomic E-state index is 5.20. The van der Waals surface area contributed by atoms with Gasteiger partial charge in [-0.15, -0.1) is 10.2 Å². The molecule has 0 spiro atoms. The molecule has 2 rings (SSSR count). The van der Waals surface area contributed by atoms with Crippen LogP contribution in [0.5, 0.6) is 0 Å². The van der Waals surface area contributed by atoms with E-state index in [0.717, 1.165) is 5.69 Å². The van der Waals surface area contributed by atoms with E-state index in [1.54, 1.807) is 17.8 Å². The molecule has 0 fully saturated rings. The zero-order valence-corrected chi connectivity index (χ0v) is 8.06. The van der Waals surface area contributed by atoms with E-state index in [1.807, 2.05) is 13.2 Å². The molecular formula is C8H11N5O. The van der Waals surface area contributed by atoms with Gasteiger partial charge in [-0.25, -0.2) is 0 Å². The molecule has 0 aliphatic heterocycles. The van der Waals surface area contributed by atoms with Crippen LogP contribution in [-0.2, 0) is 13.6 Å². The zero-order chi connectivity index (χ0) is 9.97. The lowest BCUT2D eigenvalue weighted by molar-refractivity contribution is 0.475. The standard InChI is InChI=1S/C8H11N5O/c1-6-11-12-8(14-6)4-9-7-3-10-13(2)5-7/h3,5,9H,4H2,1-2H3. The van der Waals surface area contributed by atoms with E-state index in [1.165, 1.54) is 0 Å². The first kappa shape index (κ1) is 8.74. The molecule has 0 unspecified atom stereocenters. The van der Waals surface area contributed by atoms with E-state index in [2.05, 4.69) is 20.6 Å². The molecule has 2 heterocycles. The van der Waals surface area contributed by atoms with Crippen molar-refractivity contribution in [3.63, 3.8) is 0 Å². The fourth-order valence-electron chi connectivity index (χ4n) is 1.10. The third kappa shape index (κ3) is 1.90. The number of nitrogens with zero attached hydrogens (tertiary/aromatic N) is 4. The van der Waals surface area contributed by atoms with Crippen LogP contribution in [0.15, 0.2) is 16.8 Å². The van der Waals surface area contributed by atoms with E-state index in [-0.39, 0.29) is 0 Å². The van der Waals surface area contributed by atoms with Gasteiger partial charge in [0.1, 0.15) is 0 Å². The number of hydrogen-bond acceptors (Lipinski definition) is 5. The molecular weight excluding hydrogens is 182 g/mol. The van der Waals surface area contributed by atoms with Crippen LogP contribution in [0, 0.1) is 6.92 Å². The van der Waals surface area contributed by atoms with Crippen molar-refractivity contribution in [1.29, 1.82) is 0 Å². The van der Waals surface area contributed by atoms with Crippen LogP contribution in [0.25, 0.3) is 0 Å². The lowest BCUT2D eigenvalue weighted by Crippen LogP contribution is -1.98. The summed E-state index contributed by atoms with van der Waals surface area (Å²) in [6.45, 7) is 2.28. The van der Waals surface area contributed by atoms with Gasteiger partial charge in [0.15, 0.2) is 0 Å². The van der Waals surface area contributed by atoms with Gasteiger partial charge in [-0.05, 0) is 0 Å². The SMILES string of the molecule is Cc1nnc(CNc2cnn(C)c2)o1. The van der Waals surface area contributed by atoms with Crippen molar-refractivity contribution in [1.82, 2.24) is 20.0 Å². The summed E-state index contributed by atoms with van der Waals surface area (Å²) in [7, 11) is 1.86. The number of nitrogens with one attached hydrogen (secondary N) is 1. The fraction of sp³-hybridized carbons (Fsp3) is 0.375. The second kappa shape index (κ2) is 3.49. The molecule has 0 atom stereocenters. The minimum Gasteiger partial charge on any atom is -0.424 e. The molecule has 6 nitrogen and oxygen atoms in total. The van der Waals surface area contributed by atoms with E-state index >= 15 is 0 Å². The molecule has 0 aromatic carbocycles. The lowest BCUT2D eigenvalue weighted by atomic mass is 10.5. The van der Waals surface area contributed by atoms with Crippen molar-refractivity contribution >= 4 is 5.69 Å². The average Bonchev–Trinajstić information content (AvgIpc) is 2.72. The van der Waals surface area contributed by atoms with Crippen LogP contribution in [0.2, 0.25) is 0 Å². The highest BCUT2D eigenvalue weighted by atomic mass is 16.4. The van der Waals surface area contributed by atoms with Gasteiger partial charge in [0.25, 0.3) is 0 Å². The molecule has 0 saturated heterocycles. The third-order valence-corrected chi connectivity index (χ3v) is 1.72. The Morgan fingerprint density at radius 3 is 2.93 bits per heavy atom. The number of rotatable bonds is 3. The van der Waals surface area contributed by atoms with Gasteiger partial charge < -0.3 is 9.73 Å². The quantitative estimate of drug-likeness (QED) is 0.778. The Hall–Kier alpha value is -1.85. The van der Waals surface area contributed by atoms with Crippen LogP contribution in [0.3, 0.4) is 0 Å². The Balaban J connectivity index is 1.94. The molecule has 2 aromatic rings. The first-order valence-corrected chi connectivity index (χ1v) is 4.25. The minimum atomic E-state index is 0.520. The molecule has 0 bridgehead atoms. The highest BCUT2D eigenvalue weighted by molar-refractivity contribution is 5.37. The minimum absolute atomic E-state index is 0.520. The molecule has 14 heavy (non-hydrogen) atoms. The van der Waals surface area contributed by atoms with E-state index in [9.17, 15) is 0 Å². The average molecular weight is 193 g/mol. The van der Waals surface area contributed by atoms with Crippen LogP contribution < -0.4 is 5.32 Å². The van der Waals surface area contributed by atoms with Gasteiger partial charge in [0.05, 0.1) is 18.4 Å². The van der Waals surface area contributed by atoms with Crippen molar-refractivity contribution in [3.8, 4) is 0 Å². The summed E-state index contributed by atoms with van der Waals surface area (Å²) in [5.74, 6) is 1.15. The summed E-state index contributed by atoms with van der Waals surface area (Å²) in [6, 6.07) is 0. The molecule has 2 aromatic heterocycles. The molecule has 6 heteroatoms. The summed E-state index contributed by atoms with van der Waals surface area (Å²) in [5, 5.41) is 14.7. The number of hydrogen-bond donors (Lipinski definition) is 1. The number of aromatic nitrogens is 4. The van der Waals surface area contributed by atoms with Gasteiger partial charge >= 0.3 is 0 Å². The van der Waals surface area contributed by atoms with Crippen LogP contribution in [0.4, 0.5) is 5.69 Å². The highest BCUT2D eigenvalue weighted by Crippen LogP contribution is 2.06.